The highest BCUT2D eigenvalue weighted by Gasteiger charge is 2.29. The van der Waals surface area contributed by atoms with Gasteiger partial charge < -0.3 is 0 Å². The van der Waals surface area contributed by atoms with E-state index in [1.165, 1.54) is 6.07 Å². The summed E-state index contributed by atoms with van der Waals surface area (Å²) >= 11 is 0. The van der Waals surface area contributed by atoms with Crippen LogP contribution in [0.5, 0.6) is 0 Å². The lowest BCUT2D eigenvalue weighted by molar-refractivity contribution is 0.500. The molecule has 2 aromatic rings. The number of halogens is 1. The number of hydrogen-bond donors (Lipinski definition) is 0. The van der Waals surface area contributed by atoms with Crippen LogP contribution < -0.4 is 0 Å². The van der Waals surface area contributed by atoms with Crippen molar-refractivity contribution in [1.82, 2.24) is 9.78 Å². The summed E-state index contributed by atoms with van der Waals surface area (Å²) in [5.41, 5.74) is 1.15. The molecule has 4 nitrogen and oxygen atoms in total. The van der Waals surface area contributed by atoms with Crippen LogP contribution in [0.2, 0.25) is 0 Å². The van der Waals surface area contributed by atoms with Crippen LogP contribution in [-0.4, -0.2) is 29.7 Å². The van der Waals surface area contributed by atoms with E-state index in [1.807, 2.05) is 0 Å². The molecule has 19 heavy (non-hydrogen) atoms. The fraction of sp³-hybridized carbons (Fsp3) is 0.308. The zero-order valence-corrected chi connectivity index (χ0v) is 11.0. The minimum atomic E-state index is -2.94. The molecule has 0 radical (unpaired) electrons. The molecule has 1 aromatic heterocycles. The Morgan fingerprint density at radius 3 is 2.79 bits per heavy atom. The Labute approximate surface area is 110 Å². The Bertz CT molecular complexity index is 709. The Morgan fingerprint density at radius 1 is 1.32 bits per heavy atom. The van der Waals surface area contributed by atoms with E-state index in [9.17, 15) is 12.8 Å². The van der Waals surface area contributed by atoms with Crippen LogP contribution >= 0.6 is 0 Å². The van der Waals surface area contributed by atoms with Crippen LogP contribution in [0.4, 0.5) is 4.39 Å². The van der Waals surface area contributed by atoms with Crippen LogP contribution in [0.25, 0.3) is 11.1 Å². The van der Waals surface area contributed by atoms with Crippen molar-refractivity contribution in [3.63, 3.8) is 0 Å². The Kier molecular flexibility index (Phi) is 2.89. The molecular weight excluding hydrogens is 267 g/mol. The van der Waals surface area contributed by atoms with Crippen molar-refractivity contribution in [2.45, 2.75) is 12.5 Å². The summed E-state index contributed by atoms with van der Waals surface area (Å²) in [5, 5.41) is 4.17. The Morgan fingerprint density at radius 2 is 2.11 bits per heavy atom. The van der Waals surface area contributed by atoms with Gasteiger partial charge in [0.05, 0.1) is 23.7 Å². The number of sulfone groups is 1. The van der Waals surface area contributed by atoms with Gasteiger partial charge in [-0.15, -0.1) is 0 Å². The molecule has 0 saturated carbocycles. The standard InChI is InChI=1S/C13H13FN2O2S/c14-13-4-2-1-3-12(13)10-7-15-16(8-10)11-5-6-19(17,18)9-11/h1-4,7-8,11H,5-6,9H2. The predicted octanol–water partition coefficient (Wildman–Crippen LogP) is 2.05. The van der Waals surface area contributed by atoms with E-state index in [0.717, 1.165) is 0 Å². The maximum atomic E-state index is 13.7. The minimum absolute atomic E-state index is 0.116. The first-order valence-electron chi connectivity index (χ1n) is 6.05. The quantitative estimate of drug-likeness (QED) is 0.846. The maximum absolute atomic E-state index is 13.7. The number of hydrogen-bond acceptors (Lipinski definition) is 3. The third-order valence-electron chi connectivity index (χ3n) is 3.37. The average Bonchev–Trinajstić information content (AvgIpc) is 2.96. The van der Waals surface area contributed by atoms with Crippen LogP contribution in [0.1, 0.15) is 12.5 Å². The third kappa shape index (κ3) is 2.40. The highest BCUT2D eigenvalue weighted by molar-refractivity contribution is 7.91. The summed E-state index contributed by atoms with van der Waals surface area (Å²) in [5.74, 6) is 0.0129. The van der Waals surface area contributed by atoms with Gasteiger partial charge in [0.2, 0.25) is 0 Å². The monoisotopic (exact) mass is 280 g/mol. The fourth-order valence-corrected chi connectivity index (χ4v) is 4.06. The Balaban J connectivity index is 1.91. The van der Waals surface area contributed by atoms with E-state index in [0.29, 0.717) is 17.5 Å². The highest BCUT2D eigenvalue weighted by Crippen LogP contribution is 2.27. The molecule has 3 rings (SSSR count). The van der Waals surface area contributed by atoms with E-state index in [2.05, 4.69) is 5.10 Å². The van der Waals surface area contributed by atoms with Gasteiger partial charge in [0.15, 0.2) is 9.84 Å². The van der Waals surface area contributed by atoms with E-state index in [1.54, 1.807) is 35.3 Å². The normalized spacial score (nSPS) is 21.6. The van der Waals surface area contributed by atoms with Crippen LogP contribution in [0.15, 0.2) is 36.7 Å². The second kappa shape index (κ2) is 4.45. The molecule has 0 aliphatic carbocycles. The van der Waals surface area contributed by atoms with E-state index in [4.69, 9.17) is 0 Å². The first-order valence-corrected chi connectivity index (χ1v) is 7.87. The van der Waals surface area contributed by atoms with Crippen LogP contribution in [-0.2, 0) is 9.84 Å². The van der Waals surface area contributed by atoms with Gasteiger partial charge in [-0.3, -0.25) is 4.68 Å². The SMILES string of the molecule is O=S1(=O)CCC(n2cc(-c3ccccc3F)cn2)C1. The van der Waals surface area contributed by atoms with E-state index < -0.39 is 9.84 Å². The summed E-state index contributed by atoms with van der Waals surface area (Å²) < 4.78 is 38.2. The second-order valence-electron chi connectivity index (χ2n) is 4.75. The number of aromatic nitrogens is 2. The lowest BCUT2D eigenvalue weighted by Crippen LogP contribution is -2.11. The summed E-state index contributed by atoms with van der Waals surface area (Å²) in [6.07, 6.45) is 3.86. The zero-order valence-electron chi connectivity index (χ0n) is 10.2. The first kappa shape index (κ1) is 12.3. The largest absolute Gasteiger partial charge is 0.268 e. The van der Waals surface area contributed by atoms with Crippen molar-refractivity contribution in [3.05, 3.63) is 42.5 Å². The van der Waals surface area contributed by atoms with Gasteiger partial charge >= 0.3 is 0 Å². The molecule has 0 spiro atoms. The van der Waals surface area contributed by atoms with Gasteiger partial charge in [-0.1, -0.05) is 18.2 Å². The van der Waals surface area contributed by atoms with Gasteiger partial charge in [0.25, 0.3) is 0 Å². The minimum Gasteiger partial charge on any atom is -0.268 e. The topological polar surface area (TPSA) is 52.0 Å². The van der Waals surface area contributed by atoms with E-state index in [-0.39, 0.29) is 23.4 Å². The van der Waals surface area contributed by atoms with Crippen molar-refractivity contribution >= 4 is 9.84 Å². The lowest BCUT2D eigenvalue weighted by Gasteiger charge is -2.07. The third-order valence-corrected chi connectivity index (χ3v) is 5.12. The number of nitrogens with zero attached hydrogens (tertiary/aromatic N) is 2. The van der Waals surface area contributed by atoms with E-state index >= 15 is 0 Å². The summed E-state index contributed by atoms with van der Waals surface area (Å²) in [4.78, 5) is 0. The van der Waals surface area contributed by atoms with Gasteiger partial charge in [0.1, 0.15) is 5.82 Å². The van der Waals surface area contributed by atoms with Crippen molar-refractivity contribution in [2.24, 2.45) is 0 Å². The molecule has 1 aliphatic rings. The molecule has 0 amide bonds. The first-order chi connectivity index (χ1) is 9.05. The van der Waals surface area contributed by atoms with Crippen molar-refractivity contribution in [2.75, 3.05) is 11.5 Å². The van der Waals surface area contributed by atoms with Crippen LogP contribution in [0, 0.1) is 5.82 Å². The molecule has 100 valence electrons. The van der Waals surface area contributed by atoms with Gasteiger partial charge in [-0.05, 0) is 12.5 Å². The van der Waals surface area contributed by atoms with Crippen molar-refractivity contribution in [3.8, 4) is 11.1 Å². The summed E-state index contributed by atoms with van der Waals surface area (Å²) in [7, 11) is -2.94. The van der Waals surface area contributed by atoms with Crippen molar-refractivity contribution < 1.29 is 12.8 Å². The average molecular weight is 280 g/mol. The van der Waals surface area contributed by atoms with Gasteiger partial charge in [-0.2, -0.15) is 5.10 Å². The molecule has 1 aliphatic heterocycles. The Hall–Kier alpha value is -1.69. The molecule has 1 fully saturated rings. The van der Waals surface area contributed by atoms with Gasteiger partial charge in [-0.25, -0.2) is 12.8 Å². The summed E-state index contributed by atoms with van der Waals surface area (Å²) in [6.45, 7) is 0. The molecule has 1 saturated heterocycles. The molecular formula is C13H13FN2O2S. The molecule has 2 heterocycles. The maximum Gasteiger partial charge on any atom is 0.152 e. The highest BCUT2D eigenvalue weighted by atomic mass is 32.2. The van der Waals surface area contributed by atoms with Gasteiger partial charge in [0, 0.05) is 17.3 Å². The smallest absolute Gasteiger partial charge is 0.152 e. The molecule has 0 bridgehead atoms. The summed E-state index contributed by atoms with van der Waals surface area (Å²) in [6, 6.07) is 6.34. The molecule has 1 atom stereocenters. The van der Waals surface area contributed by atoms with Crippen LogP contribution in [0.3, 0.4) is 0 Å². The number of benzene rings is 1. The molecule has 1 aromatic carbocycles. The molecule has 1 unspecified atom stereocenters. The number of rotatable bonds is 2. The predicted molar refractivity (Wildman–Crippen MR) is 69.9 cm³/mol. The second-order valence-corrected chi connectivity index (χ2v) is 6.97. The zero-order chi connectivity index (χ0) is 13.5. The van der Waals surface area contributed by atoms with Crippen molar-refractivity contribution in [1.29, 1.82) is 0 Å². The molecule has 6 heteroatoms. The lowest BCUT2D eigenvalue weighted by atomic mass is 10.1. The fourth-order valence-electron chi connectivity index (χ4n) is 2.36. The molecule has 0 N–H and O–H groups in total.